The predicted octanol–water partition coefficient (Wildman–Crippen LogP) is 4.67. The van der Waals surface area contributed by atoms with Crippen LogP contribution >= 0.6 is 27.7 Å². The Morgan fingerprint density at radius 1 is 0.966 bits per heavy atom. The third-order valence-electron chi connectivity index (χ3n) is 5.59. The highest BCUT2D eigenvalue weighted by Crippen LogP contribution is 2.44. The number of carbonyl (C=O) groups is 2. The van der Waals surface area contributed by atoms with Crippen molar-refractivity contribution >= 4 is 45.6 Å². The van der Waals surface area contributed by atoms with Crippen molar-refractivity contribution < 1.29 is 9.59 Å². The van der Waals surface area contributed by atoms with Crippen molar-refractivity contribution in [3.05, 3.63) is 76.3 Å². The second kappa shape index (κ2) is 8.76. The summed E-state index contributed by atoms with van der Waals surface area (Å²) in [6, 6.07) is 17.4. The van der Waals surface area contributed by atoms with E-state index in [2.05, 4.69) is 15.9 Å². The Balaban J connectivity index is 1.40. The van der Waals surface area contributed by atoms with Crippen LogP contribution in [0.3, 0.4) is 0 Å². The van der Waals surface area contributed by atoms with Gasteiger partial charge >= 0.3 is 0 Å². The van der Waals surface area contributed by atoms with Crippen molar-refractivity contribution in [3.8, 4) is 0 Å². The number of piperidine rings is 1. The van der Waals surface area contributed by atoms with Crippen LogP contribution in [0.25, 0.3) is 6.08 Å². The zero-order chi connectivity index (χ0) is 20.3. The molecule has 2 fully saturated rings. The molecular weight excluding hydrogens is 448 g/mol. The van der Waals surface area contributed by atoms with E-state index in [0.717, 1.165) is 40.7 Å². The number of amides is 2. The Labute approximate surface area is 184 Å². The maximum atomic E-state index is 13.1. The van der Waals surface area contributed by atoms with Gasteiger partial charge in [0.15, 0.2) is 0 Å². The van der Waals surface area contributed by atoms with Crippen molar-refractivity contribution in [2.45, 2.75) is 17.7 Å². The van der Waals surface area contributed by atoms with E-state index in [1.165, 1.54) is 0 Å². The van der Waals surface area contributed by atoms with Crippen LogP contribution in [0, 0.1) is 0 Å². The topological polar surface area (TPSA) is 40.6 Å². The van der Waals surface area contributed by atoms with Crippen LogP contribution in [0.5, 0.6) is 0 Å². The second-order valence-electron chi connectivity index (χ2n) is 7.33. The molecule has 0 aliphatic carbocycles. The lowest BCUT2D eigenvalue weighted by Gasteiger charge is -2.44. The van der Waals surface area contributed by atoms with E-state index >= 15 is 0 Å². The molecule has 2 aliphatic heterocycles. The number of halogens is 1. The fourth-order valence-corrected chi connectivity index (χ4v) is 5.69. The summed E-state index contributed by atoms with van der Waals surface area (Å²) in [5, 5.41) is 0. The molecular formula is C23H23BrN2O2S. The third kappa shape index (κ3) is 4.43. The quantitative estimate of drug-likeness (QED) is 0.611. The minimum atomic E-state index is -0.190. The molecule has 4 nitrogen and oxygen atoms in total. The minimum Gasteiger partial charge on any atom is -0.339 e. The van der Waals surface area contributed by atoms with Crippen LogP contribution in [-0.4, -0.2) is 51.9 Å². The average molecular weight is 471 g/mol. The number of carbonyl (C=O) groups excluding carboxylic acids is 2. The Kier molecular flexibility index (Phi) is 6.11. The molecule has 2 saturated heterocycles. The molecule has 0 radical (unpaired) electrons. The Bertz CT molecular complexity index is 906. The maximum Gasteiger partial charge on any atom is 0.254 e. The molecule has 0 unspecified atom stereocenters. The molecule has 6 heteroatoms. The standard InChI is InChI=1S/C23H23BrN2O2S/c24-20-9-7-19(8-10-20)22(28)26-16-17-29-23(26)12-14-25(15-13-23)21(27)11-6-18-4-2-1-3-5-18/h1-11H,12-17H2. The molecule has 2 aromatic carbocycles. The summed E-state index contributed by atoms with van der Waals surface area (Å²) in [7, 11) is 0. The maximum absolute atomic E-state index is 13.1. The van der Waals surface area contributed by atoms with E-state index in [4.69, 9.17) is 0 Å². The number of thioether (sulfide) groups is 1. The first-order valence-corrected chi connectivity index (χ1v) is 11.6. The van der Waals surface area contributed by atoms with Gasteiger partial charge < -0.3 is 9.80 Å². The summed E-state index contributed by atoms with van der Waals surface area (Å²) in [6.07, 6.45) is 5.13. The number of nitrogens with zero attached hydrogens (tertiary/aromatic N) is 2. The molecule has 2 amide bonds. The number of benzene rings is 2. The number of rotatable bonds is 3. The average Bonchev–Trinajstić information content (AvgIpc) is 3.16. The predicted molar refractivity (Wildman–Crippen MR) is 122 cm³/mol. The Hall–Kier alpha value is -2.05. The molecule has 2 heterocycles. The van der Waals surface area contributed by atoms with Crippen molar-refractivity contribution in [3.63, 3.8) is 0 Å². The van der Waals surface area contributed by atoms with Gasteiger partial charge in [-0.3, -0.25) is 9.59 Å². The molecule has 0 N–H and O–H groups in total. The highest BCUT2D eigenvalue weighted by atomic mass is 79.9. The van der Waals surface area contributed by atoms with Gasteiger partial charge in [0, 0.05) is 41.5 Å². The first-order valence-electron chi connectivity index (χ1n) is 9.81. The van der Waals surface area contributed by atoms with E-state index in [0.29, 0.717) is 13.1 Å². The van der Waals surface area contributed by atoms with Crippen molar-refractivity contribution in [2.75, 3.05) is 25.4 Å². The molecule has 29 heavy (non-hydrogen) atoms. The molecule has 4 rings (SSSR count). The van der Waals surface area contributed by atoms with Gasteiger partial charge in [-0.05, 0) is 48.7 Å². The van der Waals surface area contributed by atoms with Gasteiger partial charge in [0.25, 0.3) is 5.91 Å². The van der Waals surface area contributed by atoms with Gasteiger partial charge in [-0.25, -0.2) is 0 Å². The fraction of sp³-hybridized carbons (Fsp3) is 0.304. The Morgan fingerprint density at radius 2 is 1.66 bits per heavy atom. The van der Waals surface area contributed by atoms with Crippen molar-refractivity contribution in [1.29, 1.82) is 0 Å². The summed E-state index contributed by atoms with van der Waals surface area (Å²) in [5.41, 5.74) is 1.74. The van der Waals surface area contributed by atoms with Crippen LogP contribution in [0.15, 0.2) is 65.1 Å². The zero-order valence-corrected chi connectivity index (χ0v) is 18.5. The first-order chi connectivity index (χ1) is 14.1. The molecule has 2 aromatic rings. The monoisotopic (exact) mass is 470 g/mol. The van der Waals surface area contributed by atoms with Crippen LogP contribution in [0.1, 0.15) is 28.8 Å². The summed E-state index contributed by atoms with van der Waals surface area (Å²) < 4.78 is 0.968. The van der Waals surface area contributed by atoms with Crippen molar-refractivity contribution in [2.24, 2.45) is 0 Å². The lowest BCUT2D eigenvalue weighted by molar-refractivity contribution is -0.127. The van der Waals surface area contributed by atoms with E-state index in [9.17, 15) is 9.59 Å². The first kappa shape index (κ1) is 20.2. The largest absolute Gasteiger partial charge is 0.339 e. The van der Waals surface area contributed by atoms with Gasteiger partial charge in [-0.1, -0.05) is 46.3 Å². The van der Waals surface area contributed by atoms with Crippen LogP contribution in [-0.2, 0) is 4.79 Å². The molecule has 0 aromatic heterocycles. The van der Waals surface area contributed by atoms with Crippen LogP contribution in [0.2, 0.25) is 0 Å². The molecule has 1 spiro atoms. The highest BCUT2D eigenvalue weighted by Gasteiger charge is 2.46. The molecule has 0 atom stereocenters. The smallest absolute Gasteiger partial charge is 0.254 e. The molecule has 0 saturated carbocycles. The van der Waals surface area contributed by atoms with Crippen LogP contribution in [0.4, 0.5) is 0 Å². The summed E-state index contributed by atoms with van der Waals surface area (Å²) in [6.45, 7) is 2.12. The van der Waals surface area contributed by atoms with Gasteiger partial charge in [-0.15, -0.1) is 11.8 Å². The molecule has 0 bridgehead atoms. The second-order valence-corrected chi connectivity index (χ2v) is 9.70. The summed E-state index contributed by atoms with van der Waals surface area (Å²) >= 11 is 5.29. The van der Waals surface area contributed by atoms with Gasteiger partial charge in [0.1, 0.15) is 0 Å². The van der Waals surface area contributed by atoms with Gasteiger partial charge in [0.05, 0.1) is 4.87 Å². The van der Waals surface area contributed by atoms with Crippen molar-refractivity contribution in [1.82, 2.24) is 9.80 Å². The third-order valence-corrected chi connectivity index (χ3v) is 7.67. The van der Waals surface area contributed by atoms with E-state index < -0.39 is 0 Å². The Morgan fingerprint density at radius 3 is 2.34 bits per heavy atom. The highest BCUT2D eigenvalue weighted by molar-refractivity contribution is 9.10. The molecule has 150 valence electrons. The minimum absolute atomic E-state index is 0.0393. The van der Waals surface area contributed by atoms with Gasteiger partial charge in [0.2, 0.25) is 5.91 Å². The molecule has 2 aliphatic rings. The SMILES string of the molecule is O=C(C=Cc1ccccc1)N1CCC2(CC1)SCCN2C(=O)c1ccc(Br)cc1. The normalized spacial score (nSPS) is 18.5. The number of hydrogen-bond donors (Lipinski definition) is 0. The van der Waals surface area contributed by atoms with E-state index in [1.807, 2.05) is 82.2 Å². The number of hydrogen-bond acceptors (Lipinski definition) is 3. The summed E-state index contributed by atoms with van der Waals surface area (Å²) in [4.78, 5) is 29.4. The fourth-order valence-electron chi connectivity index (χ4n) is 3.97. The van der Waals surface area contributed by atoms with E-state index in [1.54, 1.807) is 6.08 Å². The lowest BCUT2D eigenvalue weighted by atomic mass is 10.0. The summed E-state index contributed by atoms with van der Waals surface area (Å²) in [5.74, 6) is 1.08. The lowest BCUT2D eigenvalue weighted by Crippen LogP contribution is -2.53. The zero-order valence-electron chi connectivity index (χ0n) is 16.1. The van der Waals surface area contributed by atoms with E-state index in [-0.39, 0.29) is 16.7 Å². The van der Waals surface area contributed by atoms with Crippen LogP contribution < -0.4 is 0 Å². The number of likely N-dealkylation sites (tertiary alicyclic amines) is 1. The van der Waals surface area contributed by atoms with Gasteiger partial charge in [-0.2, -0.15) is 0 Å².